The molecule has 0 spiro atoms. The summed E-state index contributed by atoms with van der Waals surface area (Å²) in [6.07, 6.45) is 0.589. The number of carbonyl (C=O) groups excluding carboxylic acids is 1. The van der Waals surface area contributed by atoms with Gasteiger partial charge in [0.2, 0.25) is 10.0 Å². The monoisotopic (exact) mass is 419 g/mol. The van der Waals surface area contributed by atoms with Gasteiger partial charge in [0.05, 0.1) is 17.8 Å². The van der Waals surface area contributed by atoms with Gasteiger partial charge in [0.1, 0.15) is 5.75 Å². The summed E-state index contributed by atoms with van der Waals surface area (Å²) >= 11 is 0. The average molecular weight is 419 g/mol. The molecule has 0 bridgehead atoms. The van der Waals surface area contributed by atoms with Crippen LogP contribution in [0.1, 0.15) is 21.5 Å². The molecule has 0 unspecified atom stereocenters. The van der Waals surface area contributed by atoms with Crippen molar-refractivity contribution in [1.82, 2.24) is 9.62 Å². The molecule has 9 nitrogen and oxygen atoms in total. The molecule has 29 heavy (non-hydrogen) atoms. The summed E-state index contributed by atoms with van der Waals surface area (Å²) in [6.45, 7) is 0.553. The Bertz CT molecular complexity index is 1040. The Balaban J connectivity index is 1.58. The zero-order valence-corrected chi connectivity index (χ0v) is 16.6. The number of nitro benzene ring substituents is 1. The predicted molar refractivity (Wildman–Crippen MR) is 106 cm³/mol. The van der Waals surface area contributed by atoms with Gasteiger partial charge >= 0.3 is 0 Å². The standard InChI is InChI=1S/C19H21N3O6S/c1-28-18-6-5-16-13-21(9-7-14(16)12-18)29(26,27)10-8-20-19(23)15-3-2-4-17(11-15)22(24)25/h2-6,11-12H,7-10,13H2,1H3,(H,20,23). The summed E-state index contributed by atoms with van der Waals surface area (Å²) in [6, 6.07) is 10.9. The first kappa shape index (κ1) is 20.7. The van der Waals surface area contributed by atoms with E-state index in [0.29, 0.717) is 13.0 Å². The number of nitro groups is 1. The Morgan fingerprint density at radius 3 is 2.76 bits per heavy atom. The fourth-order valence-corrected chi connectivity index (χ4v) is 4.48. The number of ether oxygens (including phenoxy) is 1. The van der Waals surface area contributed by atoms with Gasteiger partial charge in [0, 0.05) is 37.3 Å². The van der Waals surface area contributed by atoms with Crippen molar-refractivity contribution < 1.29 is 22.9 Å². The van der Waals surface area contributed by atoms with Crippen molar-refractivity contribution in [1.29, 1.82) is 0 Å². The lowest BCUT2D eigenvalue weighted by Gasteiger charge is -2.28. The molecular formula is C19H21N3O6S. The molecule has 1 N–H and O–H groups in total. The Morgan fingerprint density at radius 1 is 1.24 bits per heavy atom. The lowest BCUT2D eigenvalue weighted by atomic mass is 10.0. The molecule has 0 aromatic heterocycles. The molecule has 1 aliphatic heterocycles. The van der Waals surface area contributed by atoms with Crippen LogP contribution in [0.4, 0.5) is 5.69 Å². The molecule has 0 fully saturated rings. The van der Waals surface area contributed by atoms with Crippen LogP contribution in [0.2, 0.25) is 0 Å². The number of nitrogens with one attached hydrogen (secondary N) is 1. The van der Waals surface area contributed by atoms with Crippen molar-refractivity contribution in [3.63, 3.8) is 0 Å². The van der Waals surface area contributed by atoms with E-state index < -0.39 is 20.9 Å². The number of rotatable bonds is 7. The molecule has 2 aromatic rings. The maximum atomic E-state index is 12.6. The first-order valence-electron chi connectivity index (χ1n) is 8.96. The van der Waals surface area contributed by atoms with Gasteiger partial charge in [-0.15, -0.1) is 0 Å². The van der Waals surface area contributed by atoms with Gasteiger partial charge in [0.25, 0.3) is 11.6 Å². The van der Waals surface area contributed by atoms with E-state index in [2.05, 4.69) is 5.32 Å². The smallest absolute Gasteiger partial charge is 0.270 e. The van der Waals surface area contributed by atoms with Crippen LogP contribution in [0.25, 0.3) is 0 Å². The van der Waals surface area contributed by atoms with Gasteiger partial charge in [-0.1, -0.05) is 12.1 Å². The second kappa shape index (κ2) is 8.58. The molecular weight excluding hydrogens is 398 g/mol. The number of amides is 1. The number of nitrogens with zero attached hydrogens (tertiary/aromatic N) is 2. The van der Waals surface area contributed by atoms with Crippen LogP contribution in [-0.4, -0.2) is 49.5 Å². The van der Waals surface area contributed by atoms with Crippen LogP contribution in [0.5, 0.6) is 5.75 Å². The minimum Gasteiger partial charge on any atom is -0.497 e. The molecule has 0 aliphatic carbocycles. The van der Waals surface area contributed by atoms with Crippen LogP contribution in [0.3, 0.4) is 0 Å². The number of benzene rings is 2. The fraction of sp³-hybridized carbons (Fsp3) is 0.316. The molecule has 2 aromatic carbocycles. The Hall–Kier alpha value is -2.98. The van der Waals surface area contributed by atoms with Gasteiger partial charge in [0.15, 0.2) is 0 Å². The summed E-state index contributed by atoms with van der Waals surface area (Å²) in [5, 5.41) is 13.3. The summed E-state index contributed by atoms with van der Waals surface area (Å²) in [5.74, 6) is -0.0667. The summed E-state index contributed by atoms with van der Waals surface area (Å²) < 4.78 is 31.9. The number of methoxy groups -OCH3 is 1. The number of hydrogen-bond donors (Lipinski definition) is 1. The molecule has 3 rings (SSSR count). The molecule has 0 radical (unpaired) electrons. The van der Waals surface area contributed by atoms with Gasteiger partial charge < -0.3 is 10.1 Å². The molecule has 1 heterocycles. The van der Waals surface area contributed by atoms with Crippen molar-refractivity contribution in [3.05, 3.63) is 69.3 Å². The predicted octanol–water partition coefficient (Wildman–Crippen LogP) is 1.72. The van der Waals surface area contributed by atoms with E-state index in [0.717, 1.165) is 22.9 Å². The molecule has 0 atom stereocenters. The van der Waals surface area contributed by atoms with E-state index in [-0.39, 0.29) is 30.1 Å². The number of hydrogen-bond acceptors (Lipinski definition) is 6. The molecule has 0 saturated carbocycles. The number of fused-ring (bicyclic) bond motifs is 1. The third-order valence-electron chi connectivity index (χ3n) is 4.75. The summed E-state index contributed by atoms with van der Waals surface area (Å²) in [5.41, 5.74) is 1.90. The Kier molecular flexibility index (Phi) is 6.14. The highest BCUT2D eigenvalue weighted by atomic mass is 32.2. The maximum absolute atomic E-state index is 12.6. The largest absolute Gasteiger partial charge is 0.497 e. The van der Waals surface area contributed by atoms with E-state index >= 15 is 0 Å². The van der Waals surface area contributed by atoms with Crippen molar-refractivity contribution in [2.45, 2.75) is 13.0 Å². The van der Waals surface area contributed by atoms with Crippen molar-refractivity contribution >= 4 is 21.6 Å². The van der Waals surface area contributed by atoms with Crippen LogP contribution in [0, 0.1) is 10.1 Å². The maximum Gasteiger partial charge on any atom is 0.270 e. The van der Waals surface area contributed by atoms with Crippen LogP contribution in [0.15, 0.2) is 42.5 Å². The highest BCUT2D eigenvalue weighted by molar-refractivity contribution is 7.89. The quantitative estimate of drug-likeness (QED) is 0.539. The fourth-order valence-electron chi connectivity index (χ4n) is 3.15. The minimum absolute atomic E-state index is 0.0875. The number of non-ortho nitro benzene ring substituents is 1. The van der Waals surface area contributed by atoms with Crippen molar-refractivity contribution in [2.24, 2.45) is 0 Å². The molecule has 1 amide bonds. The highest BCUT2D eigenvalue weighted by Crippen LogP contribution is 2.25. The lowest BCUT2D eigenvalue weighted by Crippen LogP contribution is -2.40. The van der Waals surface area contributed by atoms with Crippen molar-refractivity contribution in [2.75, 3.05) is 26.0 Å². The Morgan fingerprint density at radius 2 is 2.03 bits per heavy atom. The molecule has 10 heteroatoms. The van der Waals surface area contributed by atoms with Gasteiger partial charge in [-0.3, -0.25) is 14.9 Å². The molecule has 0 saturated heterocycles. The van der Waals surface area contributed by atoms with Crippen LogP contribution < -0.4 is 10.1 Å². The van der Waals surface area contributed by atoms with E-state index in [1.807, 2.05) is 12.1 Å². The molecule has 1 aliphatic rings. The number of carbonyl (C=O) groups is 1. The van der Waals surface area contributed by atoms with Gasteiger partial charge in [-0.25, -0.2) is 8.42 Å². The summed E-state index contributed by atoms with van der Waals surface area (Å²) in [7, 11) is -1.98. The Labute approximate surface area is 168 Å². The van der Waals surface area contributed by atoms with Crippen LogP contribution in [-0.2, 0) is 23.0 Å². The first-order valence-corrected chi connectivity index (χ1v) is 10.6. The van der Waals surface area contributed by atoms with Gasteiger partial charge in [-0.05, 0) is 35.7 Å². The second-order valence-corrected chi connectivity index (χ2v) is 8.69. The third kappa shape index (κ3) is 4.90. The van der Waals surface area contributed by atoms with E-state index in [9.17, 15) is 23.3 Å². The first-order chi connectivity index (χ1) is 13.8. The minimum atomic E-state index is -3.56. The zero-order chi connectivity index (χ0) is 21.0. The van der Waals surface area contributed by atoms with Crippen LogP contribution >= 0.6 is 0 Å². The van der Waals surface area contributed by atoms with E-state index in [1.165, 1.54) is 22.5 Å². The van der Waals surface area contributed by atoms with E-state index in [4.69, 9.17) is 4.74 Å². The lowest BCUT2D eigenvalue weighted by molar-refractivity contribution is -0.384. The van der Waals surface area contributed by atoms with Gasteiger partial charge in [-0.2, -0.15) is 4.31 Å². The van der Waals surface area contributed by atoms with Crippen molar-refractivity contribution in [3.8, 4) is 5.75 Å². The number of sulfonamides is 1. The SMILES string of the molecule is COc1ccc2c(c1)CCN(S(=O)(=O)CCNC(=O)c1cccc([N+](=O)[O-])c1)C2. The third-order valence-corrected chi connectivity index (χ3v) is 6.57. The van der Waals surface area contributed by atoms with E-state index in [1.54, 1.807) is 13.2 Å². The normalized spacial score (nSPS) is 14.1. The topological polar surface area (TPSA) is 119 Å². The summed E-state index contributed by atoms with van der Waals surface area (Å²) in [4.78, 5) is 22.4. The highest BCUT2D eigenvalue weighted by Gasteiger charge is 2.27. The zero-order valence-electron chi connectivity index (χ0n) is 15.8. The molecule has 154 valence electrons. The average Bonchev–Trinajstić information content (AvgIpc) is 2.72. The second-order valence-electron chi connectivity index (χ2n) is 6.60.